The van der Waals surface area contributed by atoms with Crippen LogP contribution in [0.4, 0.5) is 0 Å². The second-order valence-corrected chi connectivity index (χ2v) is 5.04. The van der Waals surface area contributed by atoms with Gasteiger partial charge in [-0.15, -0.1) is 11.8 Å². The van der Waals surface area contributed by atoms with Crippen molar-refractivity contribution in [2.45, 2.75) is 11.9 Å². The van der Waals surface area contributed by atoms with Gasteiger partial charge in [-0.1, -0.05) is 0 Å². The van der Waals surface area contributed by atoms with Crippen molar-refractivity contribution in [1.29, 1.82) is 0 Å². The Hall–Kier alpha value is -1.86. The second-order valence-electron chi connectivity index (χ2n) is 4.24. The number of aromatic nitrogens is 2. The van der Waals surface area contributed by atoms with Gasteiger partial charge in [0.15, 0.2) is 11.6 Å². The maximum atomic E-state index is 12.2. The van der Waals surface area contributed by atoms with Crippen LogP contribution in [-0.4, -0.2) is 42.4 Å². The number of methoxy groups -OCH3 is 1. The summed E-state index contributed by atoms with van der Waals surface area (Å²) in [5.74, 6) is 0.870. The molecule has 0 aliphatic heterocycles. The summed E-state index contributed by atoms with van der Waals surface area (Å²) in [5, 5.41) is 3.42. The van der Waals surface area contributed by atoms with E-state index in [1.165, 1.54) is 11.8 Å². The Labute approximate surface area is 127 Å². The third-order valence-electron chi connectivity index (χ3n) is 2.81. The highest BCUT2D eigenvalue weighted by molar-refractivity contribution is 7.98. The van der Waals surface area contributed by atoms with Gasteiger partial charge in [0, 0.05) is 13.7 Å². The van der Waals surface area contributed by atoms with Gasteiger partial charge in [0.05, 0.1) is 24.1 Å². The minimum Gasteiger partial charge on any atom is -0.461 e. The lowest BCUT2D eigenvalue weighted by molar-refractivity contribution is 0.0932. The lowest BCUT2D eigenvalue weighted by Crippen LogP contribution is -2.28. The number of carbonyl (C=O) groups is 1. The fraction of sp³-hybridized carbons (Fsp3) is 0.357. The van der Waals surface area contributed by atoms with E-state index in [4.69, 9.17) is 9.15 Å². The molecule has 0 aliphatic rings. The van der Waals surface area contributed by atoms with E-state index >= 15 is 0 Å². The number of ether oxygens (including phenoxy) is 1. The van der Waals surface area contributed by atoms with Crippen molar-refractivity contribution in [3.63, 3.8) is 0 Å². The fourth-order valence-electron chi connectivity index (χ4n) is 1.83. The van der Waals surface area contributed by atoms with Crippen LogP contribution in [0, 0.1) is 6.92 Å². The Bertz CT molecular complexity index is 614. The molecule has 1 N–H and O–H groups in total. The topological polar surface area (TPSA) is 77.2 Å². The summed E-state index contributed by atoms with van der Waals surface area (Å²) in [4.78, 5) is 21.0. The molecule has 0 bridgehead atoms. The monoisotopic (exact) mass is 307 g/mol. The Morgan fingerprint density at radius 2 is 2.29 bits per heavy atom. The second kappa shape index (κ2) is 7.24. The van der Waals surface area contributed by atoms with E-state index in [2.05, 4.69) is 15.3 Å². The van der Waals surface area contributed by atoms with Crippen molar-refractivity contribution in [2.75, 3.05) is 26.5 Å². The van der Waals surface area contributed by atoms with Crippen molar-refractivity contribution in [2.24, 2.45) is 0 Å². The molecule has 1 amide bonds. The molecule has 2 aromatic rings. The highest BCUT2D eigenvalue weighted by atomic mass is 32.2. The van der Waals surface area contributed by atoms with Crippen LogP contribution >= 0.6 is 11.8 Å². The molecule has 0 aliphatic carbocycles. The molecule has 0 unspecified atom stereocenters. The quantitative estimate of drug-likeness (QED) is 0.500. The van der Waals surface area contributed by atoms with Gasteiger partial charge in [0.1, 0.15) is 5.03 Å². The first-order valence-electron chi connectivity index (χ1n) is 6.41. The summed E-state index contributed by atoms with van der Waals surface area (Å²) >= 11 is 1.40. The van der Waals surface area contributed by atoms with Crippen LogP contribution < -0.4 is 5.32 Å². The predicted octanol–water partition coefficient (Wildman–Crippen LogP) is 2.14. The van der Waals surface area contributed by atoms with Crippen molar-refractivity contribution >= 4 is 17.7 Å². The van der Waals surface area contributed by atoms with Crippen molar-refractivity contribution in [3.05, 3.63) is 29.7 Å². The van der Waals surface area contributed by atoms with Gasteiger partial charge >= 0.3 is 0 Å². The molecule has 112 valence electrons. The predicted molar refractivity (Wildman–Crippen MR) is 80.5 cm³/mol. The van der Waals surface area contributed by atoms with Gasteiger partial charge in [-0.25, -0.2) is 9.97 Å². The van der Waals surface area contributed by atoms with Gasteiger partial charge in [0.2, 0.25) is 0 Å². The van der Waals surface area contributed by atoms with Crippen LogP contribution in [0.1, 0.15) is 16.1 Å². The highest BCUT2D eigenvalue weighted by Crippen LogP contribution is 2.24. The molecule has 0 radical (unpaired) electrons. The Morgan fingerprint density at radius 1 is 1.48 bits per heavy atom. The molecule has 0 saturated carbocycles. The SMILES string of the molecule is COCCNC(=O)c1c(C)nc(-c2ccco2)nc1SC. The van der Waals surface area contributed by atoms with Crippen LogP contribution in [0.5, 0.6) is 0 Å². The van der Waals surface area contributed by atoms with Crippen molar-refractivity contribution < 1.29 is 13.9 Å². The van der Waals surface area contributed by atoms with Crippen molar-refractivity contribution in [1.82, 2.24) is 15.3 Å². The van der Waals surface area contributed by atoms with E-state index in [0.29, 0.717) is 41.0 Å². The summed E-state index contributed by atoms with van der Waals surface area (Å²) in [6, 6.07) is 3.56. The first kappa shape index (κ1) is 15.5. The van der Waals surface area contributed by atoms with Crippen LogP contribution in [0.15, 0.2) is 27.8 Å². The number of amides is 1. The lowest BCUT2D eigenvalue weighted by Gasteiger charge is -2.11. The van der Waals surface area contributed by atoms with Crippen LogP contribution in [0.3, 0.4) is 0 Å². The summed E-state index contributed by atoms with van der Waals surface area (Å²) < 4.78 is 10.2. The number of nitrogens with one attached hydrogen (secondary N) is 1. The molecule has 21 heavy (non-hydrogen) atoms. The van der Waals surface area contributed by atoms with Gasteiger partial charge in [-0.05, 0) is 25.3 Å². The number of furan rings is 1. The molecule has 2 rings (SSSR count). The van der Waals surface area contributed by atoms with E-state index in [1.54, 1.807) is 32.4 Å². The van der Waals surface area contributed by atoms with Gasteiger partial charge in [0.25, 0.3) is 5.91 Å². The van der Waals surface area contributed by atoms with Gasteiger partial charge in [-0.3, -0.25) is 4.79 Å². The number of carbonyl (C=O) groups excluding carboxylic acids is 1. The molecule has 0 fully saturated rings. The minimum atomic E-state index is -0.195. The molecule has 2 heterocycles. The summed E-state index contributed by atoms with van der Waals surface area (Å²) in [6.45, 7) is 2.70. The molecule has 0 aromatic carbocycles. The Morgan fingerprint density at radius 3 is 2.90 bits per heavy atom. The highest BCUT2D eigenvalue weighted by Gasteiger charge is 2.19. The number of aryl methyl sites for hydroxylation is 1. The number of nitrogens with zero attached hydrogens (tertiary/aromatic N) is 2. The minimum absolute atomic E-state index is 0.195. The zero-order valence-corrected chi connectivity index (χ0v) is 13.0. The third-order valence-corrected chi connectivity index (χ3v) is 3.49. The molecule has 7 heteroatoms. The molecular formula is C14H17N3O3S. The van der Waals surface area contributed by atoms with E-state index in [9.17, 15) is 4.79 Å². The molecule has 6 nitrogen and oxygen atoms in total. The Kier molecular flexibility index (Phi) is 5.35. The van der Waals surface area contributed by atoms with Crippen LogP contribution in [-0.2, 0) is 4.74 Å². The summed E-state index contributed by atoms with van der Waals surface area (Å²) in [7, 11) is 1.59. The summed E-state index contributed by atoms with van der Waals surface area (Å²) in [5.41, 5.74) is 1.12. The van der Waals surface area contributed by atoms with Crippen LogP contribution in [0.25, 0.3) is 11.6 Å². The molecule has 0 atom stereocenters. The average molecular weight is 307 g/mol. The average Bonchev–Trinajstić information content (AvgIpc) is 3.00. The zero-order chi connectivity index (χ0) is 15.2. The Balaban J connectivity index is 2.31. The molecule has 0 saturated heterocycles. The number of hydrogen-bond acceptors (Lipinski definition) is 6. The fourth-order valence-corrected chi connectivity index (χ4v) is 2.45. The normalized spacial score (nSPS) is 10.6. The first-order valence-corrected chi connectivity index (χ1v) is 7.63. The molecule has 2 aromatic heterocycles. The smallest absolute Gasteiger partial charge is 0.255 e. The number of hydrogen-bond donors (Lipinski definition) is 1. The van der Waals surface area contributed by atoms with E-state index in [1.807, 2.05) is 6.26 Å². The third kappa shape index (κ3) is 3.62. The zero-order valence-electron chi connectivity index (χ0n) is 12.2. The molecular weight excluding hydrogens is 290 g/mol. The molecule has 0 spiro atoms. The maximum Gasteiger partial charge on any atom is 0.255 e. The van der Waals surface area contributed by atoms with E-state index in [0.717, 1.165) is 0 Å². The lowest BCUT2D eigenvalue weighted by atomic mass is 10.2. The van der Waals surface area contributed by atoms with Crippen LogP contribution in [0.2, 0.25) is 0 Å². The first-order chi connectivity index (χ1) is 10.2. The van der Waals surface area contributed by atoms with Crippen molar-refractivity contribution in [3.8, 4) is 11.6 Å². The van der Waals surface area contributed by atoms with Gasteiger partial charge < -0.3 is 14.5 Å². The maximum absolute atomic E-state index is 12.2. The standard InChI is InChI=1S/C14H17N3O3S/c1-9-11(13(18)15-6-8-19-2)14(21-3)17-12(16-9)10-5-4-7-20-10/h4-5,7H,6,8H2,1-3H3,(H,15,18). The van der Waals surface area contributed by atoms with E-state index < -0.39 is 0 Å². The number of rotatable bonds is 6. The van der Waals surface area contributed by atoms with Gasteiger partial charge in [-0.2, -0.15) is 0 Å². The largest absolute Gasteiger partial charge is 0.461 e. The van der Waals surface area contributed by atoms with E-state index in [-0.39, 0.29) is 5.91 Å². The number of thioether (sulfide) groups is 1. The summed E-state index contributed by atoms with van der Waals surface area (Å²) in [6.07, 6.45) is 3.44.